The molecule has 8 heteroatoms. The fourth-order valence-electron chi connectivity index (χ4n) is 3.90. The molecule has 0 amide bonds. The van der Waals surface area contributed by atoms with E-state index in [1.54, 1.807) is 24.3 Å². The van der Waals surface area contributed by atoms with E-state index in [9.17, 15) is 17.6 Å². The molecule has 0 atom stereocenters. The molecule has 2 aromatic heterocycles. The Bertz CT molecular complexity index is 1190. The first kappa shape index (κ1) is 25.4. The average Bonchev–Trinajstić information content (AvgIpc) is 2.83. The highest BCUT2D eigenvalue weighted by Crippen LogP contribution is 2.55. The topological polar surface area (TPSA) is 7.76 Å². The second-order valence-electron chi connectivity index (χ2n) is 7.57. The van der Waals surface area contributed by atoms with Gasteiger partial charge in [-0.15, -0.1) is 0 Å². The Morgan fingerprint density at radius 2 is 0.676 bits per heavy atom. The quantitative estimate of drug-likeness (QED) is 0.266. The van der Waals surface area contributed by atoms with Crippen molar-refractivity contribution in [2.45, 2.75) is 11.8 Å². The van der Waals surface area contributed by atoms with Gasteiger partial charge < -0.3 is 24.8 Å². The number of benzene rings is 2. The Morgan fingerprint density at radius 1 is 0.412 bits per heavy atom. The van der Waals surface area contributed by atoms with Crippen LogP contribution >= 0.6 is 0 Å². The second-order valence-corrected chi connectivity index (χ2v) is 7.57. The SMILES string of the molecule is FC1(F)C([n+]2ccc(-c3ccccc3)cc2)=C([n+]2ccc(-c3ccccc3)cc2)C1(F)F.[Cl-].[Cl-]. The summed E-state index contributed by atoms with van der Waals surface area (Å²) in [5.41, 5.74) is 1.95. The molecule has 0 fully saturated rings. The number of pyridine rings is 2. The van der Waals surface area contributed by atoms with Gasteiger partial charge in [-0.05, 0) is 22.3 Å². The highest BCUT2D eigenvalue weighted by molar-refractivity contribution is 5.82. The molecule has 174 valence electrons. The van der Waals surface area contributed by atoms with Gasteiger partial charge in [0.1, 0.15) is 0 Å². The lowest BCUT2D eigenvalue weighted by Crippen LogP contribution is -3.00. The van der Waals surface area contributed by atoms with Gasteiger partial charge in [0.05, 0.1) is 0 Å². The van der Waals surface area contributed by atoms with Crippen LogP contribution in [0.25, 0.3) is 33.6 Å². The van der Waals surface area contributed by atoms with Crippen molar-refractivity contribution >= 4 is 11.4 Å². The molecule has 0 unspecified atom stereocenters. The zero-order chi connectivity index (χ0) is 22.3. The number of hydrogen-bond acceptors (Lipinski definition) is 0. The molecule has 2 heterocycles. The van der Waals surface area contributed by atoms with E-state index in [1.807, 2.05) is 60.7 Å². The van der Waals surface area contributed by atoms with Crippen molar-refractivity contribution in [1.82, 2.24) is 0 Å². The van der Waals surface area contributed by atoms with Crippen molar-refractivity contribution in [3.63, 3.8) is 0 Å². The third-order valence-electron chi connectivity index (χ3n) is 5.60. The van der Waals surface area contributed by atoms with Gasteiger partial charge >= 0.3 is 23.2 Å². The minimum atomic E-state index is -4.29. The molecule has 0 spiro atoms. The van der Waals surface area contributed by atoms with Gasteiger partial charge in [0.15, 0.2) is 24.8 Å². The van der Waals surface area contributed by atoms with Gasteiger partial charge in [-0.1, -0.05) is 60.7 Å². The number of allylic oxidation sites excluding steroid dienone is 2. The van der Waals surface area contributed by atoms with E-state index in [-0.39, 0.29) is 24.8 Å². The van der Waals surface area contributed by atoms with Crippen molar-refractivity contribution in [2.75, 3.05) is 0 Å². The number of nitrogens with zero attached hydrogens (tertiary/aromatic N) is 2. The van der Waals surface area contributed by atoms with Crippen LogP contribution in [0.15, 0.2) is 110 Å². The fourth-order valence-corrected chi connectivity index (χ4v) is 3.90. The molecule has 2 aromatic carbocycles. The number of aromatic nitrogens is 2. The summed E-state index contributed by atoms with van der Waals surface area (Å²) < 4.78 is 60.2. The first-order chi connectivity index (χ1) is 15.4. The third-order valence-corrected chi connectivity index (χ3v) is 5.60. The van der Waals surface area contributed by atoms with Crippen LogP contribution in [0.3, 0.4) is 0 Å². The molecule has 0 aliphatic heterocycles. The molecule has 0 saturated carbocycles. The number of alkyl halides is 4. The first-order valence-corrected chi connectivity index (χ1v) is 10.0. The summed E-state index contributed by atoms with van der Waals surface area (Å²) in [4.78, 5) is 0. The molecule has 1 aliphatic carbocycles. The van der Waals surface area contributed by atoms with Crippen LogP contribution in [0.1, 0.15) is 0 Å². The van der Waals surface area contributed by atoms with Gasteiger partial charge in [0, 0.05) is 24.3 Å². The summed E-state index contributed by atoms with van der Waals surface area (Å²) >= 11 is 0. The number of rotatable bonds is 4. The molecule has 34 heavy (non-hydrogen) atoms. The van der Waals surface area contributed by atoms with Crippen molar-refractivity contribution in [3.8, 4) is 22.3 Å². The van der Waals surface area contributed by atoms with E-state index >= 15 is 0 Å². The zero-order valence-electron chi connectivity index (χ0n) is 17.6. The van der Waals surface area contributed by atoms with E-state index in [4.69, 9.17) is 0 Å². The normalized spacial score (nSPS) is 15.5. The standard InChI is InChI=1S/C26H18F4N2.2ClH/c27-25(28)23(31-15-11-21(12-16-31)19-7-3-1-4-8-19)24(26(25,29)30)32-17-13-22(14-18-32)20-9-5-2-6-10-20;;/h1-18H;2*1H/q+2;;/p-2. The predicted molar refractivity (Wildman–Crippen MR) is 113 cm³/mol. The van der Waals surface area contributed by atoms with Crippen molar-refractivity contribution in [2.24, 2.45) is 0 Å². The molecule has 0 N–H and O–H groups in total. The van der Waals surface area contributed by atoms with E-state index in [0.717, 1.165) is 31.4 Å². The molecule has 0 saturated heterocycles. The molecule has 0 bridgehead atoms. The number of halogens is 6. The van der Waals surface area contributed by atoms with Crippen molar-refractivity contribution in [3.05, 3.63) is 110 Å². The highest BCUT2D eigenvalue weighted by Gasteiger charge is 2.82. The number of hydrogen-bond donors (Lipinski definition) is 0. The Balaban J connectivity index is 0.00000162. The van der Waals surface area contributed by atoms with Crippen LogP contribution in [0.4, 0.5) is 17.6 Å². The maximum absolute atomic E-state index is 14.5. The molecule has 2 nitrogen and oxygen atoms in total. The van der Waals surface area contributed by atoms with Crippen LogP contribution < -0.4 is 33.9 Å². The Kier molecular flexibility index (Phi) is 7.15. The largest absolute Gasteiger partial charge is 1.00 e. The lowest BCUT2D eigenvalue weighted by atomic mass is 9.89. The van der Waals surface area contributed by atoms with Crippen molar-refractivity contribution < 1.29 is 51.5 Å². The third kappa shape index (κ3) is 4.08. The molecule has 0 radical (unpaired) electrons. The van der Waals surface area contributed by atoms with Gasteiger partial charge in [-0.25, -0.2) is 0 Å². The minimum absolute atomic E-state index is 0. The summed E-state index contributed by atoms with van der Waals surface area (Å²) in [6.07, 6.45) is 5.55. The predicted octanol–water partition coefficient (Wildman–Crippen LogP) is -0.286. The second kappa shape index (κ2) is 9.57. The Labute approximate surface area is 206 Å². The maximum Gasteiger partial charge on any atom is 0.409 e. The Hall–Kier alpha value is -3.22. The fraction of sp³-hybridized carbons (Fsp3) is 0.0769. The van der Waals surface area contributed by atoms with Gasteiger partial charge in [0.25, 0.3) is 0 Å². The lowest BCUT2D eigenvalue weighted by molar-refractivity contribution is -0.641. The monoisotopic (exact) mass is 504 g/mol. The van der Waals surface area contributed by atoms with Crippen LogP contribution in [0.2, 0.25) is 0 Å². The van der Waals surface area contributed by atoms with Gasteiger partial charge in [-0.3, -0.25) is 0 Å². The van der Waals surface area contributed by atoms with Gasteiger partial charge in [0.2, 0.25) is 0 Å². The van der Waals surface area contributed by atoms with Crippen LogP contribution in [0.5, 0.6) is 0 Å². The summed E-state index contributed by atoms with van der Waals surface area (Å²) in [5, 5.41) is 0. The summed E-state index contributed by atoms with van der Waals surface area (Å²) in [5.74, 6) is -8.57. The average molecular weight is 505 g/mol. The molecule has 1 aliphatic rings. The Morgan fingerprint density at radius 3 is 0.971 bits per heavy atom. The summed E-state index contributed by atoms with van der Waals surface area (Å²) in [7, 11) is 0. The highest BCUT2D eigenvalue weighted by atomic mass is 35.5. The van der Waals surface area contributed by atoms with E-state index in [1.165, 1.54) is 24.8 Å². The first-order valence-electron chi connectivity index (χ1n) is 10.0. The maximum atomic E-state index is 14.5. The zero-order valence-corrected chi connectivity index (χ0v) is 19.1. The van der Waals surface area contributed by atoms with E-state index in [0.29, 0.717) is 0 Å². The summed E-state index contributed by atoms with van der Waals surface area (Å²) in [6.45, 7) is 0. The van der Waals surface area contributed by atoms with Crippen molar-refractivity contribution in [1.29, 1.82) is 0 Å². The summed E-state index contributed by atoms with van der Waals surface area (Å²) in [6, 6.07) is 25.3. The van der Waals surface area contributed by atoms with E-state index in [2.05, 4.69) is 0 Å². The molecular formula is C26H18Cl2F4N2. The van der Waals surface area contributed by atoms with E-state index < -0.39 is 23.2 Å². The molecular weight excluding hydrogens is 487 g/mol. The van der Waals surface area contributed by atoms with Crippen LogP contribution in [-0.4, -0.2) is 11.8 Å². The van der Waals surface area contributed by atoms with Gasteiger partial charge in [-0.2, -0.15) is 26.7 Å². The van der Waals surface area contributed by atoms with Crippen LogP contribution in [0, 0.1) is 0 Å². The minimum Gasteiger partial charge on any atom is -1.00 e. The molecule has 5 rings (SSSR count). The lowest BCUT2D eigenvalue weighted by Gasteiger charge is -2.31. The smallest absolute Gasteiger partial charge is 0.409 e. The van der Waals surface area contributed by atoms with Crippen LogP contribution in [-0.2, 0) is 0 Å². The molecule has 4 aromatic rings.